The number of halogens is 1. The van der Waals surface area contributed by atoms with Crippen LogP contribution in [-0.2, 0) is 20.7 Å². The molecule has 1 heterocycles. The van der Waals surface area contributed by atoms with Crippen LogP contribution in [0, 0.1) is 0 Å². The van der Waals surface area contributed by atoms with Gasteiger partial charge in [0.1, 0.15) is 12.2 Å². The summed E-state index contributed by atoms with van der Waals surface area (Å²) in [6.45, 7) is 0. The van der Waals surface area contributed by atoms with Crippen LogP contribution in [0.3, 0.4) is 0 Å². The SMILES string of the molecule is COC(=O)Cc1nc(NC(=O)C2(N)CCCCC2)n[nH]1.Cl. The van der Waals surface area contributed by atoms with Gasteiger partial charge in [0.25, 0.3) is 0 Å². The average Bonchev–Trinajstić information content (AvgIpc) is 2.86. The molecule has 2 rings (SSSR count). The van der Waals surface area contributed by atoms with Crippen LogP contribution in [0.15, 0.2) is 0 Å². The molecule has 0 aliphatic heterocycles. The van der Waals surface area contributed by atoms with Crippen molar-refractivity contribution in [3.63, 3.8) is 0 Å². The minimum absolute atomic E-state index is 0. The first-order valence-corrected chi connectivity index (χ1v) is 6.62. The van der Waals surface area contributed by atoms with E-state index in [-0.39, 0.29) is 30.7 Å². The maximum atomic E-state index is 12.2. The van der Waals surface area contributed by atoms with E-state index in [1.807, 2.05) is 0 Å². The number of esters is 1. The maximum absolute atomic E-state index is 12.2. The van der Waals surface area contributed by atoms with E-state index in [0.717, 1.165) is 19.3 Å². The number of nitrogens with two attached hydrogens (primary N) is 1. The zero-order chi connectivity index (χ0) is 14.6. The Morgan fingerprint density at radius 3 is 2.67 bits per heavy atom. The monoisotopic (exact) mass is 317 g/mol. The molecule has 1 saturated carbocycles. The highest BCUT2D eigenvalue weighted by atomic mass is 35.5. The van der Waals surface area contributed by atoms with E-state index in [2.05, 4.69) is 25.2 Å². The number of anilines is 1. The summed E-state index contributed by atoms with van der Waals surface area (Å²) >= 11 is 0. The minimum atomic E-state index is -0.846. The summed E-state index contributed by atoms with van der Waals surface area (Å²) in [6.07, 6.45) is 4.32. The number of H-pyrrole nitrogens is 1. The summed E-state index contributed by atoms with van der Waals surface area (Å²) in [7, 11) is 1.29. The first kappa shape index (κ1) is 17.4. The first-order valence-electron chi connectivity index (χ1n) is 6.62. The van der Waals surface area contributed by atoms with Crippen LogP contribution >= 0.6 is 12.4 Å². The molecule has 1 aliphatic carbocycles. The highest BCUT2D eigenvalue weighted by Gasteiger charge is 2.35. The predicted molar refractivity (Wildman–Crippen MR) is 78.0 cm³/mol. The second-order valence-corrected chi connectivity index (χ2v) is 5.03. The molecule has 1 aliphatic rings. The summed E-state index contributed by atoms with van der Waals surface area (Å²) in [5.41, 5.74) is 5.26. The van der Waals surface area contributed by atoms with Crippen molar-refractivity contribution in [1.29, 1.82) is 0 Å². The summed E-state index contributed by atoms with van der Waals surface area (Å²) in [5, 5.41) is 9.01. The summed E-state index contributed by atoms with van der Waals surface area (Å²) in [5.74, 6) is -0.242. The van der Waals surface area contributed by atoms with Crippen molar-refractivity contribution in [2.75, 3.05) is 12.4 Å². The first-order chi connectivity index (χ1) is 9.53. The van der Waals surface area contributed by atoms with Gasteiger partial charge in [-0.25, -0.2) is 0 Å². The molecule has 1 amide bonds. The molecule has 0 radical (unpaired) electrons. The van der Waals surface area contributed by atoms with E-state index in [4.69, 9.17) is 5.73 Å². The number of hydrogen-bond acceptors (Lipinski definition) is 6. The van der Waals surface area contributed by atoms with Crippen LogP contribution in [0.1, 0.15) is 37.9 Å². The molecule has 1 fully saturated rings. The zero-order valence-electron chi connectivity index (χ0n) is 11.8. The van der Waals surface area contributed by atoms with E-state index in [9.17, 15) is 9.59 Å². The Kier molecular flexibility index (Phi) is 6.10. The lowest BCUT2D eigenvalue weighted by molar-refractivity contribution is -0.139. The van der Waals surface area contributed by atoms with Crippen molar-refractivity contribution in [3.05, 3.63) is 5.82 Å². The lowest BCUT2D eigenvalue weighted by Gasteiger charge is -2.31. The molecule has 9 heteroatoms. The summed E-state index contributed by atoms with van der Waals surface area (Å²) in [6, 6.07) is 0. The fraction of sp³-hybridized carbons (Fsp3) is 0.667. The highest BCUT2D eigenvalue weighted by molar-refractivity contribution is 5.96. The van der Waals surface area contributed by atoms with Crippen LogP contribution in [-0.4, -0.2) is 39.7 Å². The average molecular weight is 318 g/mol. The van der Waals surface area contributed by atoms with Crippen molar-refractivity contribution in [2.24, 2.45) is 5.73 Å². The Balaban J connectivity index is 0.00000220. The fourth-order valence-electron chi connectivity index (χ4n) is 2.27. The van der Waals surface area contributed by atoms with Crippen LogP contribution in [0.25, 0.3) is 0 Å². The Morgan fingerprint density at radius 1 is 1.38 bits per heavy atom. The molecule has 0 atom stereocenters. The van der Waals surface area contributed by atoms with Gasteiger partial charge in [-0.05, 0) is 12.8 Å². The van der Waals surface area contributed by atoms with Crippen molar-refractivity contribution >= 4 is 30.2 Å². The van der Waals surface area contributed by atoms with Gasteiger partial charge in [-0.3, -0.25) is 20.0 Å². The number of amides is 1. The van der Waals surface area contributed by atoms with Gasteiger partial charge in [0, 0.05) is 0 Å². The fourth-order valence-corrected chi connectivity index (χ4v) is 2.27. The number of aromatic nitrogens is 3. The maximum Gasteiger partial charge on any atom is 0.313 e. The van der Waals surface area contributed by atoms with Gasteiger partial charge in [0.2, 0.25) is 11.9 Å². The number of rotatable bonds is 4. The zero-order valence-corrected chi connectivity index (χ0v) is 12.7. The number of hydrogen-bond donors (Lipinski definition) is 3. The molecule has 8 nitrogen and oxygen atoms in total. The lowest BCUT2D eigenvalue weighted by Crippen LogP contribution is -2.52. The van der Waals surface area contributed by atoms with Gasteiger partial charge in [-0.15, -0.1) is 17.5 Å². The molecule has 118 valence electrons. The third-order valence-electron chi connectivity index (χ3n) is 3.49. The predicted octanol–water partition coefficient (Wildman–Crippen LogP) is 0.542. The van der Waals surface area contributed by atoms with E-state index in [1.165, 1.54) is 7.11 Å². The number of carbonyl (C=O) groups excluding carboxylic acids is 2. The molecule has 1 aromatic heterocycles. The number of methoxy groups -OCH3 is 1. The van der Waals surface area contributed by atoms with Gasteiger partial charge in [-0.1, -0.05) is 19.3 Å². The van der Waals surface area contributed by atoms with E-state index < -0.39 is 11.5 Å². The molecule has 4 N–H and O–H groups in total. The topological polar surface area (TPSA) is 123 Å². The molecule has 0 saturated heterocycles. The van der Waals surface area contributed by atoms with Gasteiger partial charge in [0.05, 0.1) is 12.6 Å². The smallest absolute Gasteiger partial charge is 0.313 e. The van der Waals surface area contributed by atoms with Crippen LogP contribution < -0.4 is 11.1 Å². The molecule has 1 aromatic rings. The minimum Gasteiger partial charge on any atom is -0.469 e. The number of ether oxygens (including phenoxy) is 1. The number of carbonyl (C=O) groups is 2. The van der Waals surface area contributed by atoms with Crippen molar-refractivity contribution in [3.8, 4) is 0 Å². The second-order valence-electron chi connectivity index (χ2n) is 5.03. The molecule has 21 heavy (non-hydrogen) atoms. The third kappa shape index (κ3) is 4.40. The summed E-state index contributed by atoms with van der Waals surface area (Å²) < 4.78 is 4.52. The van der Waals surface area contributed by atoms with Crippen LogP contribution in [0.4, 0.5) is 5.95 Å². The van der Waals surface area contributed by atoms with E-state index >= 15 is 0 Å². The van der Waals surface area contributed by atoms with Gasteiger partial charge in [0.15, 0.2) is 0 Å². The number of nitrogens with zero attached hydrogens (tertiary/aromatic N) is 2. The Bertz CT molecular complexity index is 499. The van der Waals surface area contributed by atoms with Crippen LogP contribution in [0.5, 0.6) is 0 Å². The number of nitrogens with one attached hydrogen (secondary N) is 2. The highest BCUT2D eigenvalue weighted by Crippen LogP contribution is 2.26. The number of aromatic amines is 1. The van der Waals surface area contributed by atoms with E-state index in [0.29, 0.717) is 18.7 Å². The van der Waals surface area contributed by atoms with Gasteiger partial charge < -0.3 is 10.5 Å². The molecule has 0 aromatic carbocycles. The van der Waals surface area contributed by atoms with Crippen molar-refractivity contribution < 1.29 is 14.3 Å². The van der Waals surface area contributed by atoms with Crippen molar-refractivity contribution in [2.45, 2.75) is 44.1 Å². The van der Waals surface area contributed by atoms with Gasteiger partial charge >= 0.3 is 5.97 Å². The molecule has 0 bridgehead atoms. The normalized spacial score (nSPS) is 16.7. The lowest BCUT2D eigenvalue weighted by atomic mass is 9.82. The van der Waals surface area contributed by atoms with Crippen LogP contribution in [0.2, 0.25) is 0 Å². The quantitative estimate of drug-likeness (QED) is 0.696. The Morgan fingerprint density at radius 2 is 2.05 bits per heavy atom. The third-order valence-corrected chi connectivity index (χ3v) is 3.49. The second kappa shape index (κ2) is 7.37. The summed E-state index contributed by atoms with van der Waals surface area (Å²) in [4.78, 5) is 27.3. The standard InChI is InChI=1S/C12H19N5O3.ClH/c1-20-9(18)7-8-14-11(17-16-8)15-10(19)12(13)5-3-2-4-6-12;/h2-7,13H2,1H3,(H2,14,15,16,17,19);1H. The Hall–Kier alpha value is -1.67. The molecular weight excluding hydrogens is 298 g/mol. The van der Waals surface area contributed by atoms with E-state index in [1.54, 1.807) is 0 Å². The molecule has 0 spiro atoms. The van der Waals surface area contributed by atoms with Crippen molar-refractivity contribution in [1.82, 2.24) is 15.2 Å². The Labute approximate surface area is 128 Å². The molecular formula is C12H20ClN5O3. The molecule has 0 unspecified atom stereocenters. The van der Waals surface area contributed by atoms with Gasteiger partial charge in [-0.2, -0.15) is 4.98 Å². The largest absolute Gasteiger partial charge is 0.469 e.